The monoisotopic (exact) mass is 387 g/mol. The lowest BCUT2D eigenvalue weighted by Gasteiger charge is -2.39. The highest BCUT2D eigenvalue weighted by Gasteiger charge is 2.33. The van der Waals surface area contributed by atoms with E-state index in [1.165, 1.54) is 25.7 Å². The number of rotatable bonds is 6. The number of carbonyl (C=O) groups excluding carboxylic acids is 2. The first-order chi connectivity index (χ1) is 13.5. The van der Waals surface area contributed by atoms with Crippen molar-refractivity contribution in [2.24, 2.45) is 5.92 Å². The molecular weight excluding hydrogens is 354 g/mol. The van der Waals surface area contributed by atoms with Gasteiger partial charge in [0.1, 0.15) is 12.6 Å². The van der Waals surface area contributed by atoms with Crippen molar-refractivity contribution in [2.75, 3.05) is 26.2 Å². The Hall–Kier alpha value is -2.08. The molecule has 0 unspecified atom stereocenters. The standard InChI is InChI=1S/C22H33N3O3/c1-17(2)20(23-22(27)28-16-18-8-4-3-5-9-18)21(26)25-14-12-24(13-15-25)19-10-6-7-11-19/h3-5,8-9,17,19-20H,6-7,10-16H2,1-2H3,(H,23,27)/t20-/m0/s1. The molecule has 1 atom stereocenters. The third-order valence-electron chi connectivity index (χ3n) is 5.89. The summed E-state index contributed by atoms with van der Waals surface area (Å²) in [5.74, 6) is 0.00219. The van der Waals surface area contributed by atoms with Gasteiger partial charge in [0, 0.05) is 32.2 Å². The fourth-order valence-electron chi connectivity index (χ4n) is 4.18. The molecule has 1 saturated heterocycles. The second kappa shape index (κ2) is 9.92. The summed E-state index contributed by atoms with van der Waals surface area (Å²) in [5.41, 5.74) is 0.924. The number of alkyl carbamates (subject to hydrolysis) is 1. The van der Waals surface area contributed by atoms with E-state index in [4.69, 9.17) is 4.74 Å². The first kappa shape index (κ1) is 20.6. The van der Waals surface area contributed by atoms with Gasteiger partial charge in [-0.1, -0.05) is 57.0 Å². The summed E-state index contributed by atoms with van der Waals surface area (Å²) < 4.78 is 5.30. The number of piperazine rings is 1. The highest BCUT2D eigenvalue weighted by Crippen LogP contribution is 2.24. The summed E-state index contributed by atoms with van der Waals surface area (Å²) >= 11 is 0. The van der Waals surface area contributed by atoms with Gasteiger partial charge in [0.15, 0.2) is 0 Å². The number of nitrogens with one attached hydrogen (secondary N) is 1. The molecular formula is C22H33N3O3. The Morgan fingerprint density at radius 2 is 1.71 bits per heavy atom. The van der Waals surface area contributed by atoms with Gasteiger partial charge in [0.05, 0.1) is 0 Å². The lowest BCUT2D eigenvalue weighted by molar-refractivity contribution is -0.136. The molecule has 28 heavy (non-hydrogen) atoms. The third kappa shape index (κ3) is 5.47. The summed E-state index contributed by atoms with van der Waals surface area (Å²) in [7, 11) is 0. The second-order valence-electron chi connectivity index (χ2n) is 8.23. The van der Waals surface area contributed by atoms with Crippen LogP contribution in [-0.4, -0.2) is 60.1 Å². The number of hydrogen-bond donors (Lipinski definition) is 1. The molecule has 2 fully saturated rings. The van der Waals surface area contributed by atoms with Crippen molar-refractivity contribution < 1.29 is 14.3 Å². The molecule has 6 heteroatoms. The quantitative estimate of drug-likeness (QED) is 0.815. The molecule has 1 N–H and O–H groups in total. The number of ether oxygens (including phenoxy) is 1. The van der Waals surface area contributed by atoms with Gasteiger partial charge in [-0.05, 0) is 24.3 Å². The molecule has 1 aliphatic carbocycles. The van der Waals surface area contributed by atoms with Crippen molar-refractivity contribution in [1.29, 1.82) is 0 Å². The topological polar surface area (TPSA) is 61.9 Å². The number of carbonyl (C=O) groups is 2. The maximum absolute atomic E-state index is 13.0. The molecule has 6 nitrogen and oxygen atoms in total. The average molecular weight is 388 g/mol. The zero-order valence-corrected chi connectivity index (χ0v) is 17.1. The smallest absolute Gasteiger partial charge is 0.408 e. The predicted octanol–water partition coefficient (Wildman–Crippen LogP) is 3.02. The minimum Gasteiger partial charge on any atom is -0.445 e. The van der Waals surface area contributed by atoms with Gasteiger partial charge < -0.3 is 15.0 Å². The molecule has 3 rings (SSSR count). The van der Waals surface area contributed by atoms with Gasteiger partial charge in [0.25, 0.3) is 0 Å². The molecule has 0 radical (unpaired) electrons. The summed E-state index contributed by atoms with van der Waals surface area (Å²) in [4.78, 5) is 29.7. The highest BCUT2D eigenvalue weighted by molar-refractivity contribution is 5.86. The van der Waals surface area contributed by atoms with E-state index >= 15 is 0 Å². The van der Waals surface area contributed by atoms with Crippen molar-refractivity contribution in [3.8, 4) is 0 Å². The minimum absolute atomic E-state index is 0.00210. The Bertz CT molecular complexity index is 636. The molecule has 2 amide bonds. The van der Waals surface area contributed by atoms with E-state index in [0.717, 1.165) is 31.7 Å². The molecule has 0 spiro atoms. The van der Waals surface area contributed by atoms with Crippen LogP contribution in [0.1, 0.15) is 45.1 Å². The van der Waals surface area contributed by atoms with E-state index in [0.29, 0.717) is 6.04 Å². The fourth-order valence-corrected chi connectivity index (χ4v) is 4.18. The summed E-state index contributed by atoms with van der Waals surface area (Å²) in [6.07, 6.45) is 4.69. The fraction of sp³-hybridized carbons (Fsp3) is 0.636. The van der Waals surface area contributed by atoms with E-state index in [2.05, 4.69) is 10.2 Å². The first-order valence-electron chi connectivity index (χ1n) is 10.5. The van der Waals surface area contributed by atoms with Gasteiger partial charge >= 0.3 is 6.09 Å². The van der Waals surface area contributed by atoms with Crippen molar-refractivity contribution in [1.82, 2.24) is 15.1 Å². The van der Waals surface area contributed by atoms with Crippen LogP contribution < -0.4 is 5.32 Å². The molecule has 154 valence electrons. The van der Waals surface area contributed by atoms with Crippen LogP contribution in [0.5, 0.6) is 0 Å². The number of benzene rings is 1. The molecule has 1 aliphatic heterocycles. The van der Waals surface area contributed by atoms with Gasteiger partial charge in [-0.25, -0.2) is 4.79 Å². The van der Waals surface area contributed by atoms with Crippen LogP contribution in [0.2, 0.25) is 0 Å². The van der Waals surface area contributed by atoms with E-state index in [9.17, 15) is 9.59 Å². The number of amides is 2. The Labute approximate surface area is 168 Å². The SMILES string of the molecule is CC(C)[C@H](NC(=O)OCc1ccccc1)C(=O)N1CCN(C2CCCC2)CC1. The van der Waals surface area contributed by atoms with Crippen LogP contribution in [0.4, 0.5) is 4.79 Å². The van der Waals surface area contributed by atoms with E-state index < -0.39 is 12.1 Å². The Balaban J connectivity index is 1.48. The van der Waals surface area contributed by atoms with Gasteiger partial charge in [-0.3, -0.25) is 9.69 Å². The van der Waals surface area contributed by atoms with Crippen LogP contribution in [-0.2, 0) is 16.1 Å². The zero-order valence-electron chi connectivity index (χ0n) is 17.1. The van der Waals surface area contributed by atoms with Crippen molar-refractivity contribution in [3.05, 3.63) is 35.9 Å². The van der Waals surface area contributed by atoms with Crippen LogP contribution in [0.3, 0.4) is 0 Å². The van der Waals surface area contributed by atoms with Crippen molar-refractivity contribution in [2.45, 2.75) is 58.2 Å². The Morgan fingerprint density at radius 1 is 1.07 bits per heavy atom. The maximum Gasteiger partial charge on any atom is 0.408 e. The second-order valence-corrected chi connectivity index (χ2v) is 8.23. The molecule has 0 bridgehead atoms. The lowest BCUT2D eigenvalue weighted by atomic mass is 10.0. The number of nitrogens with zero attached hydrogens (tertiary/aromatic N) is 2. The molecule has 1 heterocycles. The van der Waals surface area contributed by atoms with E-state index in [1.54, 1.807) is 0 Å². The normalized spacial score (nSPS) is 19.6. The zero-order chi connectivity index (χ0) is 19.9. The highest BCUT2D eigenvalue weighted by atomic mass is 16.5. The van der Waals surface area contributed by atoms with E-state index in [-0.39, 0.29) is 18.4 Å². The van der Waals surface area contributed by atoms with Gasteiger partial charge in [-0.2, -0.15) is 0 Å². The largest absolute Gasteiger partial charge is 0.445 e. The van der Waals surface area contributed by atoms with Crippen molar-refractivity contribution in [3.63, 3.8) is 0 Å². The molecule has 1 aromatic carbocycles. The van der Waals surface area contributed by atoms with E-state index in [1.807, 2.05) is 49.1 Å². The molecule has 0 aromatic heterocycles. The van der Waals surface area contributed by atoms with Crippen LogP contribution in [0.15, 0.2) is 30.3 Å². The van der Waals surface area contributed by atoms with Gasteiger partial charge in [0.2, 0.25) is 5.91 Å². The maximum atomic E-state index is 13.0. The third-order valence-corrected chi connectivity index (χ3v) is 5.89. The molecule has 2 aliphatic rings. The molecule has 1 aromatic rings. The Morgan fingerprint density at radius 3 is 2.32 bits per heavy atom. The summed E-state index contributed by atoms with van der Waals surface area (Å²) in [6, 6.07) is 9.68. The molecule has 1 saturated carbocycles. The first-order valence-corrected chi connectivity index (χ1v) is 10.5. The minimum atomic E-state index is -0.554. The predicted molar refractivity (Wildman–Crippen MR) is 109 cm³/mol. The van der Waals surface area contributed by atoms with Gasteiger partial charge in [-0.15, -0.1) is 0 Å². The Kier molecular flexibility index (Phi) is 7.31. The lowest BCUT2D eigenvalue weighted by Crippen LogP contribution is -2.57. The number of hydrogen-bond acceptors (Lipinski definition) is 4. The van der Waals surface area contributed by atoms with Crippen molar-refractivity contribution >= 4 is 12.0 Å². The van der Waals surface area contributed by atoms with Crippen LogP contribution >= 0.6 is 0 Å². The summed E-state index contributed by atoms with van der Waals surface area (Å²) in [6.45, 7) is 7.44. The summed E-state index contributed by atoms with van der Waals surface area (Å²) in [5, 5.41) is 2.78. The van der Waals surface area contributed by atoms with Crippen LogP contribution in [0.25, 0.3) is 0 Å². The van der Waals surface area contributed by atoms with Crippen LogP contribution in [0, 0.1) is 5.92 Å². The average Bonchev–Trinajstić information content (AvgIpc) is 3.25.